The summed E-state index contributed by atoms with van der Waals surface area (Å²) in [5.41, 5.74) is 0.816. The molecule has 6 nitrogen and oxygen atoms in total. The van der Waals surface area contributed by atoms with Crippen molar-refractivity contribution >= 4 is 34.5 Å². The van der Waals surface area contributed by atoms with E-state index < -0.39 is 0 Å². The zero-order valence-corrected chi connectivity index (χ0v) is 21.9. The van der Waals surface area contributed by atoms with E-state index in [1.54, 1.807) is 12.1 Å². The van der Waals surface area contributed by atoms with Crippen molar-refractivity contribution < 1.29 is 24.2 Å². The second-order valence-electron chi connectivity index (χ2n) is 8.19. The van der Waals surface area contributed by atoms with Gasteiger partial charge in [0, 0.05) is 16.5 Å². The number of ether oxygens (including phenoxy) is 2. The first-order chi connectivity index (χ1) is 15.5. The molecule has 0 spiro atoms. The monoisotopic (exact) mass is 561 g/mol. The van der Waals surface area contributed by atoms with Crippen LogP contribution in [0.2, 0.25) is 0 Å². The number of carbonyl (C=O) groups is 2. The third kappa shape index (κ3) is 13.1. The van der Waals surface area contributed by atoms with Crippen LogP contribution < -0.4 is 10.1 Å². The largest absolute Gasteiger partial charge is 0.504 e. The molecular formula is C25H40INO5. The fourth-order valence-electron chi connectivity index (χ4n) is 3.46. The first-order valence-corrected chi connectivity index (χ1v) is 13.0. The van der Waals surface area contributed by atoms with Crippen molar-refractivity contribution in [1.29, 1.82) is 0 Å². The fraction of sp³-hybridized carbons (Fsp3) is 0.680. The van der Waals surface area contributed by atoms with E-state index in [1.165, 1.54) is 64.9 Å². The number of phenols is 1. The number of esters is 1. The molecule has 7 heteroatoms. The summed E-state index contributed by atoms with van der Waals surface area (Å²) >= 11 is 2.08. The van der Waals surface area contributed by atoms with Crippen molar-refractivity contribution in [3.8, 4) is 11.5 Å². The predicted octanol–water partition coefficient (Wildman–Crippen LogP) is 6.26. The second kappa shape index (κ2) is 18.0. The molecule has 1 amide bonds. The molecule has 0 saturated heterocycles. The van der Waals surface area contributed by atoms with Gasteiger partial charge in [0.2, 0.25) is 0 Å². The van der Waals surface area contributed by atoms with E-state index in [2.05, 4.69) is 34.8 Å². The molecule has 2 N–H and O–H groups in total. The van der Waals surface area contributed by atoms with Gasteiger partial charge >= 0.3 is 5.97 Å². The molecule has 0 aliphatic rings. The highest BCUT2D eigenvalue weighted by Crippen LogP contribution is 2.30. The Morgan fingerprint density at radius 2 is 1.50 bits per heavy atom. The van der Waals surface area contributed by atoms with Crippen molar-refractivity contribution in [2.75, 3.05) is 13.7 Å². The molecule has 1 aromatic rings. The summed E-state index contributed by atoms with van der Waals surface area (Å²) in [4.78, 5) is 23.8. The number of halogens is 1. The number of rotatable bonds is 18. The smallest absolute Gasteiger partial charge is 0.306 e. The number of carbonyl (C=O) groups excluding carboxylic acids is 2. The van der Waals surface area contributed by atoms with Gasteiger partial charge in [-0.05, 0) is 46.7 Å². The van der Waals surface area contributed by atoms with Crippen LogP contribution in [0.1, 0.15) is 96.0 Å². The first kappa shape index (κ1) is 28.5. The van der Waals surface area contributed by atoms with Crippen molar-refractivity contribution in [1.82, 2.24) is 5.32 Å². The summed E-state index contributed by atoms with van der Waals surface area (Å²) in [7, 11) is 1.47. The normalized spacial score (nSPS) is 10.7. The van der Waals surface area contributed by atoms with Crippen LogP contribution in [0.5, 0.6) is 11.5 Å². The number of amides is 1. The zero-order valence-electron chi connectivity index (χ0n) is 19.7. The van der Waals surface area contributed by atoms with Crippen LogP contribution in [0, 0.1) is 3.57 Å². The maximum atomic E-state index is 12.0. The quantitative estimate of drug-likeness (QED) is 0.126. The molecule has 0 heterocycles. The van der Waals surface area contributed by atoms with E-state index in [9.17, 15) is 14.7 Å². The molecule has 0 aliphatic heterocycles. The highest BCUT2D eigenvalue weighted by Gasteiger charge is 2.11. The van der Waals surface area contributed by atoms with Crippen molar-refractivity contribution in [2.24, 2.45) is 0 Å². The van der Waals surface area contributed by atoms with E-state index in [4.69, 9.17) is 9.47 Å². The van der Waals surface area contributed by atoms with Gasteiger partial charge in [-0.15, -0.1) is 0 Å². The highest BCUT2D eigenvalue weighted by molar-refractivity contribution is 14.1. The molecule has 1 rings (SSSR count). The Labute approximate surface area is 207 Å². The summed E-state index contributed by atoms with van der Waals surface area (Å²) < 4.78 is 11.0. The Morgan fingerprint density at radius 1 is 0.938 bits per heavy atom. The summed E-state index contributed by atoms with van der Waals surface area (Å²) in [5.74, 6) is -0.272. The van der Waals surface area contributed by atoms with Crippen LogP contribution in [0.25, 0.3) is 0 Å². The van der Waals surface area contributed by atoms with Crippen molar-refractivity contribution in [2.45, 2.75) is 96.9 Å². The Hall–Kier alpha value is -1.51. The van der Waals surface area contributed by atoms with E-state index in [0.29, 0.717) is 12.2 Å². The number of hydrogen-bond donors (Lipinski definition) is 2. The van der Waals surface area contributed by atoms with Gasteiger partial charge in [-0.25, -0.2) is 0 Å². The lowest BCUT2D eigenvalue weighted by Crippen LogP contribution is -2.28. The number of unbranched alkanes of at least 4 members (excludes halogenated alkanes) is 11. The first-order valence-electron chi connectivity index (χ1n) is 12.0. The maximum Gasteiger partial charge on any atom is 0.306 e. The average Bonchev–Trinajstić information content (AvgIpc) is 2.77. The molecule has 0 unspecified atom stereocenters. The lowest BCUT2D eigenvalue weighted by atomic mass is 10.0. The molecular weight excluding hydrogens is 521 g/mol. The van der Waals surface area contributed by atoms with Crippen LogP contribution in [0.15, 0.2) is 12.1 Å². The molecule has 32 heavy (non-hydrogen) atoms. The summed E-state index contributed by atoms with van der Waals surface area (Å²) in [6.45, 7) is 2.24. The minimum Gasteiger partial charge on any atom is -0.504 e. The molecule has 0 aliphatic carbocycles. The lowest BCUT2D eigenvalue weighted by Gasteiger charge is -2.11. The minimum atomic E-state index is -0.351. The van der Waals surface area contributed by atoms with Gasteiger partial charge in [0.1, 0.15) is 0 Å². The van der Waals surface area contributed by atoms with Gasteiger partial charge in [0.25, 0.3) is 5.91 Å². The third-order valence-corrected chi connectivity index (χ3v) is 6.43. The van der Waals surface area contributed by atoms with E-state index in [1.807, 2.05) is 0 Å². The van der Waals surface area contributed by atoms with E-state index >= 15 is 0 Å². The van der Waals surface area contributed by atoms with Crippen LogP contribution in [-0.4, -0.2) is 30.7 Å². The fourth-order valence-corrected chi connectivity index (χ4v) is 4.10. The molecule has 0 saturated carbocycles. The number of aromatic hydroxyl groups is 1. The molecule has 1 aromatic carbocycles. The van der Waals surface area contributed by atoms with Gasteiger partial charge in [-0.2, -0.15) is 0 Å². The summed E-state index contributed by atoms with van der Waals surface area (Å²) in [6.07, 6.45) is 15.3. The molecule has 0 radical (unpaired) electrons. The molecule has 0 bridgehead atoms. The van der Waals surface area contributed by atoms with Gasteiger partial charge < -0.3 is 19.9 Å². The number of methoxy groups -OCH3 is 1. The average molecular weight is 562 g/mol. The van der Waals surface area contributed by atoms with Crippen LogP contribution in [-0.2, 0) is 20.9 Å². The Balaban J connectivity index is 2.03. The van der Waals surface area contributed by atoms with Crippen LogP contribution in [0.4, 0.5) is 0 Å². The number of nitrogens with one attached hydrogen (secondary N) is 1. The van der Waals surface area contributed by atoms with E-state index in [-0.39, 0.29) is 30.8 Å². The topological polar surface area (TPSA) is 84.9 Å². The number of hydrogen-bond acceptors (Lipinski definition) is 5. The molecule has 0 fully saturated rings. The molecule has 0 aromatic heterocycles. The minimum absolute atomic E-state index is 0.0544. The summed E-state index contributed by atoms with van der Waals surface area (Å²) in [6, 6.07) is 3.26. The maximum absolute atomic E-state index is 12.0. The lowest BCUT2D eigenvalue weighted by molar-refractivity contribution is -0.148. The Morgan fingerprint density at radius 3 is 2.06 bits per heavy atom. The van der Waals surface area contributed by atoms with Crippen molar-refractivity contribution in [3.05, 3.63) is 21.3 Å². The van der Waals surface area contributed by atoms with Gasteiger partial charge in [0.15, 0.2) is 18.1 Å². The zero-order chi connectivity index (χ0) is 23.6. The predicted molar refractivity (Wildman–Crippen MR) is 136 cm³/mol. The van der Waals surface area contributed by atoms with E-state index in [0.717, 1.165) is 28.4 Å². The van der Waals surface area contributed by atoms with Gasteiger partial charge in [-0.1, -0.05) is 77.6 Å². The molecule has 182 valence electrons. The standard InChI is InChI=1S/C25H40INO5/c1-3-4-5-6-7-8-9-10-11-12-13-14-15-25(30)32-19-24(29)27-18-20-16-23(31-2)22(28)17-21(20)26/h16-17,28H,3-15,18-19H2,1-2H3,(H,27,29). The highest BCUT2D eigenvalue weighted by atomic mass is 127. The second-order valence-corrected chi connectivity index (χ2v) is 9.35. The molecule has 0 atom stereocenters. The van der Waals surface area contributed by atoms with Crippen LogP contribution in [0.3, 0.4) is 0 Å². The van der Waals surface area contributed by atoms with Gasteiger partial charge in [-0.3, -0.25) is 9.59 Å². The Bertz CT molecular complexity index is 681. The third-order valence-electron chi connectivity index (χ3n) is 5.42. The van der Waals surface area contributed by atoms with Crippen molar-refractivity contribution in [3.63, 3.8) is 0 Å². The van der Waals surface area contributed by atoms with Crippen LogP contribution >= 0.6 is 22.6 Å². The number of phenolic OH excluding ortho intramolecular Hbond substituents is 1. The summed E-state index contributed by atoms with van der Waals surface area (Å²) in [5, 5.41) is 12.5. The Kier molecular flexibility index (Phi) is 16.0. The SMILES string of the molecule is CCCCCCCCCCCCCCC(=O)OCC(=O)NCc1cc(OC)c(O)cc1I. The van der Waals surface area contributed by atoms with Gasteiger partial charge in [0.05, 0.1) is 7.11 Å². The number of benzene rings is 1.